The molecule has 1 aromatic heterocycles. The van der Waals surface area contributed by atoms with E-state index in [0.29, 0.717) is 4.08 Å². The predicted octanol–water partition coefficient (Wildman–Crippen LogP) is 5.17. The summed E-state index contributed by atoms with van der Waals surface area (Å²) < 4.78 is 2.55. The summed E-state index contributed by atoms with van der Waals surface area (Å²) in [5.41, 5.74) is 2.83. The molecule has 1 aliphatic heterocycles. The van der Waals surface area contributed by atoms with E-state index in [1.54, 1.807) is 0 Å². The van der Waals surface area contributed by atoms with E-state index in [1.807, 2.05) is 12.5 Å². The molecule has 1 fully saturated rings. The third-order valence-corrected chi connectivity index (χ3v) is 8.40. The lowest BCUT2D eigenvalue weighted by molar-refractivity contribution is 0.578. The minimum atomic E-state index is 0.358. The number of thioether (sulfide) groups is 2. The van der Waals surface area contributed by atoms with Crippen molar-refractivity contribution in [2.75, 3.05) is 5.75 Å². The lowest BCUT2D eigenvalue weighted by Gasteiger charge is -2.28. The molecule has 0 amide bonds. The van der Waals surface area contributed by atoms with Crippen molar-refractivity contribution in [1.29, 1.82) is 0 Å². The Kier molecular flexibility index (Phi) is 5.76. The summed E-state index contributed by atoms with van der Waals surface area (Å²) in [6.45, 7) is 5.57. The van der Waals surface area contributed by atoms with Gasteiger partial charge in [-0.3, -0.25) is 0 Å². The molecule has 0 aliphatic carbocycles. The SMILES string of the molecule is CCC1CSC(CCCn2ccnc2)(Cc2ccc(C)cc2)S1. The van der Waals surface area contributed by atoms with Gasteiger partial charge in [0.15, 0.2) is 0 Å². The van der Waals surface area contributed by atoms with Crippen molar-refractivity contribution in [3.63, 3.8) is 0 Å². The highest BCUT2D eigenvalue weighted by Gasteiger charge is 2.39. The topological polar surface area (TPSA) is 17.8 Å². The Bertz CT molecular complexity index is 594. The normalized spacial score (nSPS) is 24.2. The highest BCUT2D eigenvalue weighted by atomic mass is 32.2. The van der Waals surface area contributed by atoms with Crippen LogP contribution in [-0.2, 0) is 13.0 Å². The summed E-state index contributed by atoms with van der Waals surface area (Å²) in [7, 11) is 0. The Labute approximate surface area is 148 Å². The van der Waals surface area contributed by atoms with Crippen molar-refractivity contribution >= 4 is 23.5 Å². The van der Waals surface area contributed by atoms with Crippen LogP contribution < -0.4 is 0 Å². The molecule has 2 nitrogen and oxygen atoms in total. The molecule has 0 saturated carbocycles. The van der Waals surface area contributed by atoms with E-state index in [0.717, 1.165) is 11.8 Å². The molecule has 1 aromatic carbocycles. The highest BCUT2D eigenvalue weighted by Crippen LogP contribution is 2.53. The maximum Gasteiger partial charge on any atom is 0.0945 e. The largest absolute Gasteiger partial charge is 0.337 e. The van der Waals surface area contributed by atoms with Gasteiger partial charge in [0.25, 0.3) is 0 Å². The molecule has 0 N–H and O–H groups in total. The van der Waals surface area contributed by atoms with Crippen molar-refractivity contribution in [2.24, 2.45) is 0 Å². The van der Waals surface area contributed by atoms with Gasteiger partial charge in [-0.25, -0.2) is 4.98 Å². The minimum Gasteiger partial charge on any atom is -0.337 e. The van der Waals surface area contributed by atoms with Crippen LogP contribution in [0.2, 0.25) is 0 Å². The molecular weight excluding hydrogens is 320 g/mol. The fourth-order valence-corrected chi connectivity index (χ4v) is 7.03. The molecule has 1 aliphatic rings. The number of aryl methyl sites for hydroxylation is 2. The molecule has 0 spiro atoms. The molecule has 0 radical (unpaired) electrons. The van der Waals surface area contributed by atoms with Crippen molar-refractivity contribution in [2.45, 2.75) is 55.4 Å². The zero-order valence-electron chi connectivity index (χ0n) is 14.1. The standard InChI is InChI=1S/C19H26N2S2/c1-3-18-14-22-19(23-18,9-4-11-21-12-10-20-15-21)13-17-7-5-16(2)6-8-17/h5-8,10,12,15,18H,3-4,9,11,13-14H2,1-2H3. The van der Waals surface area contributed by atoms with Gasteiger partial charge >= 0.3 is 0 Å². The summed E-state index contributed by atoms with van der Waals surface area (Å²) in [6.07, 6.45) is 10.8. The zero-order chi connectivity index (χ0) is 16.1. The van der Waals surface area contributed by atoms with Crippen molar-refractivity contribution < 1.29 is 0 Å². The fraction of sp³-hybridized carbons (Fsp3) is 0.526. The highest BCUT2D eigenvalue weighted by molar-refractivity contribution is 8.21. The first kappa shape index (κ1) is 17.0. The number of hydrogen-bond acceptors (Lipinski definition) is 3. The first-order valence-electron chi connectivity index (χ1n) is 8.52. The second-order valence-corrected chi connectivity index (χ2v) is 9.78. The zero-order valence-corrected chi connectivity index (χ0v) is 15.7. The molecule has 23 heavy (non-hydrogen) atoms. The van der Waals surface area contributed by atoms with E-state index in [2.05, 4.69) is 77.4 Å². The fourth-order valence-electron chi connectivity index (χ4n) is 3.10. The van der Waals surface area contributed by atoms with Gasteiger partial charge in [0.1, 0.15) is 0 Å². The summed E-state index contributed by atoms with van der Waals surface area (Å²) in [5.74, 6) is 1.30. The molecule has 1 saturated heterocycles. The third-order valence-electron chi connectivity index (χ3n) is 4.50. The molecule has 2 aromatic rings. The van der Waals surface area contributed by atoms with Crippen molar-refractivity contribution in [1.82, 2.24) is 9.55 Å². The second-order valence-electron chi connectivity index (χ2n) is 6.44. The number of imidazole rings is 1. The van der Waals surface area contributed by atoms with Gasteiger partial charge in [0.05, 0.1) is 10.4 Å². The van der Waals surface area contributed by atoms with E-state index in [-0.39, 0.29) is 0 Å². The van der Waals surface area contributed by atoms with E-state index >= 15 is 0 Å². The number of rotatable bonds is 7. The van der Waals surface area contributed by atoms with Crippen molar-refractivity contribution in [3.8, 4) is 0 Å². The van der Waals surface area contributed by atoms with Crippen LogP contribution in [0, 0.1) is 6.92 Å². The third kappa shape index (κ3) is 4.57. The lowest BCUT2D eigenvalue weighted by Crippen LogP contribution is -2.22. The molecule has 2 heterocycles. The van der Waals surface area contributed by atoms with Crippen LogP contribution in [0.5, 0.6) is 0 Å². The average Bonchev–Trinajstić information content (AvgIpc) is 3.20. The Balaban J connectivity index is 1.65. The van der Waals surface area contributed by atoms with Crippen LogP contribution in [0.4, 0.5) is 0 Å². The summed E-state index contributed by atoms with van der Waals surface area (Å²) in [4.78, 5) is 4.14. The van der Waals surface area contributed by atoms with Gasteiger partial charge in [0, 0.05) is 29.9 Å². The molecule has 124 valence electrons. The van der Waals surface area contributed by atoms with E-state index < -0.39 is 0 Å². The number of aromatic nitrogens is 2. The Hall–Kier alpha value is -0.870. The number of nitrogens with zero attached hydrogens (tertiary/aromatic N) is 2. The van der Waals surface area contributed by atoms with Crippen LogP contribution >= 0.6 is 23.5 Å². The average molecular weight is 347 g/mol. The van der Waals surface area contributed by atoms with Crippen LogP contribution in [0.25, 0.3) is 0 Å². The Morgan fingerprint density at radius 3 is 2.78 bits per heavy atom. The summed E-state index contributed by atoms with van der Waals surface area (Å²) in [5, 5.41) is 0.818. The van der Waals surface area contributed by atoms with Gasteiger partial charge < -0.3 is 4.57 Å². The monoisotopic (exact) mass is 346 g/mol. The number of benzene rings is 1. The van der Waals surface area contributed by atoms with E-state index in [9.17, 15) is 0 Å². The first-order chi connectivity index (χ1) is 11.2. The van der Waals surface area contributed by atoms with Crippen LogP contribution in [-0.4, -0.2) is 24.6 Å². The predicted molar refractivity (Wildman–Crippen MR) is 103 cm³/mol. The molecular formula is C19H26N2S2. The van der Waals surface area contributed by atoms with Gasteiger partial charge in [0.2, 0.25) is 0 Å². The molecule has 0 bridgehead atoms. The minimum absolute atomic E-state index is 0.358. The smallest absolute Gasteiger partial charge is 0.0945 e. The van der Waals surface area contributed by atoms with Crippen LogP contribution in [0.1, 0.15) is 37.3 Å². The maximum atomic E-state index is 4.14. The first-order valence-corrected chi connectivity index (χ1v) is 10.4. The molecule has 2 unspecified atom stereocenters. The maximum absolute atomic E-state index is 4.14. The lowest BCUT2D eigenvalue weighted by atomic mass is 10.0. The quantitative estimate of drug-likeness (QED) is 0.689. The van der Waals surface area contributed by atoms with Gasteiger partial charge in [-0.15, -0.1) is 23.5 Å². The summed E-state index contributed by atoms with van der Waals surface area (Å²) >= 11 is 4.43. The van der Waals surface area contributed by atoms with Crippen molar-refractivity contribution in [3.05, 3.63) is 54.1 Å². The number of hydrogen-bond donors (Lipinski definition) is 0. The summed E-state index contributed by atoms with van der Waals surface area (Å²) in [6, 6.07) is 9.12. The molecule has 4 heteroatoms. The van der Waals surface area contributed by atoms with E-state index in [1.165, 1.54) is 42.6 Å². The van der Waals surface area contributed by atoms with E-state index in [4.69, 9.17) is 0 Å². The van der Waals surface area contributed by atoms with Crippen LogP contribution in [0.15, 0.2) is 43.0 Å². The molecule has 3 rings (SSSR count). The van der Waals surface area contributed by atoms with Gasteiger partial charge in [-0.05, 0) is 38.2 Å². The van der Waals surface area contributed by atoms with Gasteiger partial charge in [-0.2, -0.15) is 0 Å². The van der Waals surface area contributed by atoms with Crippen LogP contribution in [0.3, 0.4) is 0 Å². The van der Waals surface area contributed by atoms with Gasteiger partial charge in [-0.1, -0.05) is 36.8 Å². The molecule has 2 atom stereocenters. The Morgan fingerprint density at radius 1 is 1.30 bits per heavy atom. The Morgan fingerprint density at radius 2 is 2.13 bits per heavy atom. The second kappa shape index (κ2) is 7.80.